The van der Waals surface area contributed by atoms with Crippen molar-refractivity contribution in [3.05, 3.63) is 45.9 Å². The summed E-state index contributed by atoms with van der Waals surface area (Å²) in [6.45, 7) is 4.43. The number of rotatable bonds is 7. The Morgan fingerprint density at radius 3 is 2.68 bits per heavy atom. The van der Waals surface area contributed by atoms with E-state index in [-0.39, 0.29) is 5.78 Å². The molecule has 0 unspecified atom stereocenters. The zero-order chi connectivity index (χ0) is 15.9. The van der Waals surface area contributed by atoms with Gasteiger partial charge < -0.3 is 4.74 Å². The summed E-state index contributed by atoms with van der Waals surface area (Å²) in [6.07, 6.45) is 0.957. The Kier molecular flexibility index (Phi) is 5.68. The third-order valence-corrected chi connectivity index (χ3v) is 4.26. The van der Waals surface area contributed by atoms with Crippen LogP contribution in [0.1, 0.15) is 35.5 Å². The van der Waals surface area contributed by atoms with E-state index in [0.29, 0.717) is 24.5 Å². The van der Waals surface area contributed by atoms with Gasteiger partial charge in [-0.1, -0.05) is 12.1 Å². The third-order valence-electron chi connectivity index (χ3n) is 3.23. The maximum absolute atomic E-state index is 12.2. The van der Waals surface area contributed by atoms with E-state index in [1.54, 1.807) is 0 Å². The van der Waals surface area contributed by atoms with Crippen molar-refractivity contribution >= 4 is 17.1 Å². The van der Waals surface area contributed by atoms with Crippen molar-refractivity contribution in [2.75, 3.05) is 6.61 Å². The molecule has 22 heavy (non-hydrogen) atoms. The minimum atomic E-state index is -0.749. The molecule has 5 heteroatoms. The Labute approximate surface area is 134 Å². The number of aromatic nitrogens is 1. The van der Waals surface area contributed by atoms with Crippen molar-refractivity contribution < 1.29 is 9.53 Å². The van der Waals surface area contributed by atoms with E-state index >= 15 is 0 Å². The number of carbonyl (C=O) groups excluding carboxylic acids is 1. The van der Waals surface area contributed by atoms with Gasteiger partial charge in [0, 0.05) is 17.5 Å². The normalized spacial score (nSPS) is 11.7. The van der Waals surface area contributed by atoms with Gasteiger partial charge in [0.25, 0.3) is 0 Å². The highest BCUT2D eigenvalue weighted by Gasteiger charge is 2.22. The molecular formula is C17H18N2O2S. The molecular weight excluding hydrogens is 296 g/mol. The van der Waals surface area contributed by atoms with Crippen molar-refractivity contribution in [3.8, 4) is 11.8 Å². The van der Waals surface area contributed by atoms with E-state index in [9.17, 15) is 10.1 Å². The summed E-state index contributed by atoms with van der Waals surface area (Å²) in [5.41, 5.74) is 1.91. The number of carbonyl (C=O) groups is 1. The molecule has 114 valence electrons. The third kappa shape index (κ3) is 4.15. The van der Waals surface area contributed by atoms with Crippen LogP contribution in [0.5, 0.6) is 5.75 Å². The van der Waals surface area contributed by atoms with Crippen LogP contribution < -0.4 is 4.74 Å². The summed E-state index contributed by atoms with van der Waals surface area (Å²) in [5.74, 6) is -0.00197. The van der Waals surface area contributed by atoms with Crippen LogP contribution in [0, 0.1) is 18.3 Å². The maximum atomic E-state index is 12.2. The van der Waals surface area contributed by atoms with Gasteiger partial charge in [0.15, 0.2) is 11.7 Å². The molecule has 0 aliphatic heterocycles. The molecule has 2 rings (SSSR count). The van der Waals surface area contributed by atoms with Crippen LogP contribution in [0.4, 0.5) is 0 Å². The highest BCUT2D eigenvalue weighted by molar-refractivity contribution is 7.09. The topological polar surface area (TPSA) is 63.0 Å². The number of benzene rings is 1. The zero-order valence-electron chi connectivity index (χ0n) is 12.7. The van der Waals surface area contributed by atoms with Crippen molar-refractivity contribution in [1.82, 2.24) is 4.98 Å². The first-order chi connectivity index (χ1) is 10.6. The van der Waals surface area contributed by atoms with E-state index < -0.39 is 5.92 Å². The number of aryl methyl sites for hydroxylation is 2. The first-order valence-electron chi connectivity index (χ1n) is 7.20. The average molecular weight is 314 g/mol. The summed E-state index contributed by atoms with van der Waals surface area (Å²) in [4.78, 5) is 16.5. The Bertz CT molecular complexity index is 671. The summed E-state index contributed by atoms with van der Waals surface area (Å²) in [5, 5.41) is 11.7. The number of Topliss-reactive ketones (excluding diaryl/α,β-unsaturated/α-hetero) is 1. The molecule has 1 aromatic heterocycles. The van der Waals surface area contributed by atoms with Crippen LogP contribution in [0.3, 0.4) is 0 Å². The molecule has 1 heterocycles. The molecule has 0 bridgehead atoms. The van der Waals surface area contributed by atoms with Crippen LogP contribution in [0.15, 0.2) is 29.6 Å². The number of hydrogen-bond acceptors (Lipinski definition) is 5. The van der Waals surface area contributed by atoms with E-state index in [4.69, 9.17) is 4.74 Å². The molecule has 0 aliphatic carbocycles. The fourth-order valence-corrected chi connectivity index (χ4v) is 2.96. The van der Waals surface area contributed by atoms with Gasteiger partial charge in [0.2, 0.25) is 0 Å². The van der Waals surface area contributed by atoms with Gasteiger partial charge in [-0.3, -0.25) is 4.79 Å². The van der Waals surface area contributed by atoms with E-state index in [1.807, 2.05) is 43.5 Å². The summed E-state index contributed by atoms with van der Waals surface area (Å²) < 4.78 is 5.39. The second kappa shape index (κ2) is 7.71. The maximum Gasteiger partial charge on any atom is 0.157 e. The number of hydrogen-bond donors (Lipinski definition) is 0. The Balaban J connectivity index is 1.95. The summed E-state index contributed by atoms with van der Waals surface area (Å²) in [6, 6.07) is 9.77. The van der Waals surface area contributed by atoms with Gasteiger partial charge >= 0.3 is 0 Å². The van der Waals surface area contributed by atoms with E-state index in [2.05, 4.69) is 11.1 Å². The fourth-order valence-electron chi connectivity index (χ4n) is 2.10. The van der Waals surface area contributed by atoms with Gasteiger partial charge in [0.1, 0.15) is 10.8 Å². The van der Waals surface area contributed by atoms with Crippen molar-refractivity contribution in [1.29, 1.82) is 5.26 Å². The lowest BCUT2D eigenvalue weighted by molar-refractivity contribution is -0.119. The van der Waals surface area contributed by atoms with Gasteiger partial charge in [-0.25, -0.2) is 4.98 Å². The zero-order valence-corrected chi connectivity index (χ0v) is 13.5. The largest absolute Gasteiger partial charge is 0.494 e. The lowest BCUT2D eigenvalue weighted by Crippen LogP contribution is -2.11. The molecule has 0 aliphatic rings. The molecule has 0 amide bonds. The molecule has 1 atom stereocenters. The minimum Gasteiger partial charge on any atom is -0.494 e. The molecule has 1 aromatic carbocycles. The monoisotopic (exact) mass is 314 g/mol. The van der Waals surface area contributed by atoms with E-state index in [1.165, 1.54) is 11.3 Å². The Morgan fingerprint density at radius 1 is 1.41 bits per heavy atom. The standard InChI is InChI=1S/C17H18N2O2S/c1-3-21-14-7-4-13(5-8-14)6-9-16(20)15(10-18)17-19-12(2)11-22-17/h4-5,7-8,11,15H,3,6,9H2,1-2H3/t15-/m1/s1. The molecule has 0 spiro atoms. The first-order valence-corrected chi connectivity index (χ1v) is 8.08. The Morgan fingerprint density at radius 2 is 2.14 bits per heavy atom. The van der Waals surface area contributed by atoms with Gasteiger partial charge in [-0.2, -0.15) is 5.26 Å². The van der Waals surface area contributed by atoms with Crippen molar-refractivity contribution in [2.24, 2.45) is 0 Å². The van der Waals surface area contributed by atoms with Crippen LogP contribution >= 0.6 is 11.3 Å². The summed E-state index contributed by atoms with van der Waals surface area (Å²) >= 11 is 1.37. The molecule has 0 fully saturated rings. The number of ether oxygens (including phenoxy) is 1. The highest BCUT2D eigenvalue weighted by atomic mass is 32.1. The fraction of sp³-hybridized carbons (Fsp3) is 0.353. The number of thiazole rings is 1. The minimum absolute atomic E-state index is 0.0780. The lowest BCUT2D eigenvalue weighted by Gasteiger charge is -2.07. The lowest BCUT2D eigenvalue weighted by atomic mass is 9.99. The molecule has 4 nitrogen and oxygen atoms in total. The van der Waals surface area contributed by atoms with Gasteiger partial charge in [-0.15, -0.1) is 11.3 Å². The molecule has 0 saturated carbocycles. The number of ketones is 1. The van der Waals surface area contributed by atoms with Crippen molar-refractivity contribution in [3.63, 3.8) is 0 Å². The van der Waals surface area contributed by atoms with Crippen molar-refractivity contribution in [2.45, 2.75) is 32.6 Å². The van der Waals surface area contributed by atoms with Crippen LogP contribution in [-0.4, -0.2) is 17.4 Å². The van der Waals surface area contributed by atoms with Crippen LogP contribution in [0.25, 0.3) is 0 Å². The highest BCUT2D eigenvalue weighted by Crippen LogP contribution is 2.22. The van der Waals surface area contributed by atoms with Gasteiger partial charge in [-0.05, 0) is 38.0 Å². The second-order valence-electron chi connectivity index (χ2n) is 4.93. The molecule has 2 aromatic rings. The predicted octanol–water partition coefficient (Wildman–Crippen LogP) is 3.66. The summed E-state index contributed by atoms with van der Waals surface area (Å²) in [7, 11) is 0. The quantitative estimate of drug-likeness (QED) is 0.782. The van der Waals surface area contributed by atoms with Crippen LogP contribution in [0.2, 0.25) is 0 Å². The predicted molar refractivity (Wildman–Crippen MR) is 86.1 cm³/mol. The molecule has 0 saturated heterocycles. The molecule has 0 radical (unpaired) electrons. The van der Waals surface area contributed by atoms with E-state index in [0.717, 1.165) is 17.0 Å². The Hall–Kier alpha value is -2.19. The van der Waals surface area contributed by atoms with Crippen LogP contribution in [-0.2, 0) is 11.2 Å². The number of nitrogens with zero attached hydrogens (tertiary/aromatic N) is 2. The smallest absolute Gasteiger partial charge is 0.157 e. The average Bonchev–Trinajstić information content (AvgIpc) is 2.94. The number of nitriles is 1. The SMILES string of the molecule is CCOc1ccc(CCC(=O)[C@@H](C#N)c2nc(C)cs2)cc1. The second-order valence-corrected chi connectivity index (χ2v) is 5.82. The molecule has 0 N–H and O–H groups in total. The van der Waals surface area contributed by atoms with Gasteiger partial charge in [0.05, 0.1) is 12.7 Å². The first kappa shape index (κ1) is 16.2.